The van der Waals surface area contributed by atoms with Crippen molar-refractivity contribution in [1.29, 1.82) is 0 Å². The van der Waals surface area contributed by atoms with Gasteiger partial charge >= 0.3 is 0 Å². The van der Waals surface area contributed by atoms with E-state index in [0.29, 0.717) is 0 Å². The van der Waals surface area contributed by atoms with E-state index in [9.17, 15) is 5.11 Å². The van der Waals surface area contributed by atoms with Crippen LogP contribution in [0.5, 0.6) is 17.2 Å². The van der Waals surface area contributed by atoms with E-state index >= 15 is 0 Å². The summed E-state index contributed by atoms with van der Waals surface area (Å²) in [5.74, 6) is 2.17. The highest BCUT2D eigenvalue weighted by atomic mass is 16.5. The van der Waals surface area contributed by atoms with E-state index in [0.717, 1.165) is 22.6 Å². The molecule has 0 aromatic heterocycles. The van der Waals surface area contributed by atoms with E-state index in [-0.39, 0.29) is 17.6 Å². The third-order valence-electron chi connectivity index (χ3n) is 5.42. The van der Waals surface area contributed by atoms with Gasteiger partial charge in [-0.2, -0.15) is 0 Å². The molecule has 1 aliphatic heterocycles. The van der Waals surface area contributed by atoms with Crippen molar-refractivity contribution < 1.29 is 14.6 Å². The molecule has 1 heterocycles. The van der Waals surface area contributed by atoms with Crippen LogP contribution in [-0.4, -0.2) is 17.8 Å². The van der Waals surface area contributed by atoms with E-state index in [4.69, 9.17) is 9.47 Å². The lowest BCUT2D eigenvalue weighted by atomic mass is 9.68. The zero-order chi connectivity index (χ0) is 19.0. The van der Waals surface area contributed by atoms with Gasteiger partial charge in [0.2, 0.25) is 0 Å². The van der Waals surface area contributed by atoms with Gasteiger partial charge in [0.05, 0.1) is 7.11 Å². The highest BCUT2D eigenvalue weighted by molar-refractivity contribution is 5.52. The smallest absolute Gasteiger partial charge is 0.127 e. The van der Waals surface area contributed by atoms with E-state index in [1.165, 1.54) is 5.56 Å². The molecule has 0 bridgehead atoms. The summed E-state index contributed by atoms with van der Waals surface area (Å²) in [7, 11) is 1.67. The van der Waals surface area contributed by atoms with Gasteiger partial charge < -0.3 is 14.6 Å². The van der Waals surface area contributed by atoms with Crippen molar-refractivity contribution in [2.45, 2.75) is 31.3 Å². The number of methoxy groups -OCH3 is 1. The van der Waals surface area contributed by atoms with Crippen molar-refractivity contribution in [3.63, 3.8) is 0 Å². The Morgan fingerprint density at radius 1 is 0.889 bits per heavy atom. The highest BCUT2D eigenvalue weighted by Crippen LogP contribution is 2.53. The number of benzene rings is 3. The summed E-state index contributed by atoms with van der Waals surface area (Å²) >= 11 is 0. The summed E-state index contributed by atoms with van der Waals surface area (Å²) in [5, 5.41) is 9.74. The van der Waals surface area contributed by atoms with Gasteiger partial charge in [-0.25, -0.2) is 0 Å². The number of rotatable bonds is 3. The third-order valence-corrected chi connectivity index (χ3v) is 5.42. The van der Waals surface area contributed by atoms with E-state index in [1.807, 2.05) is 30.3 Å². The van der Waals surface area contributed by atoms with Gasteiger partial charge in [0.1, 0.15) is 22.8 Å². The molecule has 0 amide bonds. The molecular weight excluding hydrogens is 336 g/mol. The van der Waals surface area contributed by atoms with Crippen LogP contribution in [0.15, 0.2) is 72.8 Å². The maximum atomic E-state index is 9.74. The molecule has 138 valence electrons. The molecule has 27 heavy (non-hydrogen) atoms. The number of phenols is 1. The first-order chi connectivity index (χ1) is 13.0. The molecule has 3 nitrogen and oxygen atoms in total. The Kier molecular flexibility index (Phi) is 4.31. The molecule has 4 rings (SSSR count). The van der Waals surface area contributed by atoms with Crippen LogP contribution in [0.2, 0.25) is 0 Å². The summed E-state index contributed by atoms with van der Waals surface area (Å²) in [6, 6.07) is 24.1. The van der Waals surface area contributed by atoms with E-state index in [1.54, 1.807) is 19.2 Å². The predicted octanol–water partition coefficient (Wildman–Crippen LogP) is 5.49. The van der Waals surface area contributed by atoms with Crippen molar-refractivity contribution in [3.05, 3.63) is 89.5 Å². The van der Waals surface area contributed by atoms with E-state index < -0.39 is 5.60 Å². The molecule has 0 unspecified atom stereocenters. The number of fused-ring (bicyclic) bond motifs is 1. The first-order valence-electron chi connectivity index (χ1n) is 9.20. The minimum Gasteiger partial charge on any atom is -0.508 e. The average molecular weight is 360 g/mol. The second kappa shape index (κ2) is 6.66. The molecule has 3 aromatic rings. The molecule has 1 N–H and O–H groups in total. The molecule has 1 aliphatic rings. The second-order valence-corrected chi connectivity index (χ2v) is 7.57. The van der Waals surface area contributed by atoms with Gasteiger partial charge in [0, 0.05) is 23.5 Å². The van der Waals surface area contributed by atoms with Gasteiger partial charge in [0.25, 0.3) is 0 Å². The fourth-order valence-electron chi connectivity index (χ4n) is 4.22. The van der Waals surface area contributed by atoms with Crippen molar-refractivity contribution >= 4 is 0 Å². The number of phenolic OH excluding ortho intramolecular Hbond substituents is 1. The van der Waals surface area contributed by atoms with Crippen LogP contribution in [-0.2, 0) is 0 Å². The van der Waals surface area contributed by atoms with Gasteiger partial charge in [-0.1, -0.05) is 48.5 Å². The average Bonchev–Trinajstić information content (AvgIpc) is 2.67. The standard InChI is InChI=1S/C24H24O3/c1-24(2)23(17-9-11-18(25)12-10-17)22(16-7-5-4-6-8-16)20-14-13-19(26-3)15-21(20)27-24/h4-15,22-23,25H,1-3H3/t22-,23+/m0/s1. The van der Waals surface area contributed by atoms with Crippen molar-refractivity contribution in [2.24, 2.45) is 0 Å². The van der Waals surface area contributed by atoms with Gasteiger partial charge in [-0.15, -0.1) is 0 Å². The Morgan fingerprint density at radius 3 is 2.26 bits per heavy atom. The van der Waals surface area contributed by atoms with Crippen LogP contribution in [0.1, 0.15) is 42.4 Å². The second-order valence-electron chi connectivity index (χ2n) is 7.57. The monoisotopic (exact) mass is 360 g/mol. The van der Waals surface area contributed by atoms with Crippen molar-refractivity contribution in [3.8, 4) is 17.2 Å². The Labute approximate surface area is 160 Å². The van der Waals surface area contributed by atoms with Crippen LogP contribution in [0.25, 0.3) is 0 Å². The largest absolute Gasteiger partial charge is 0.508 e. The SMILES string of the molecule is COc1ccc2c(c1)OC(C)(C)[C@H](c1ccc(O)cc1)[C@H]2c1ccccc1. The molecule has 3 aromatic carbocycles. The third kappa shape index (κ3) is 3.14. The van der Waals surface area contributed by atoms with Crippen molar-refractivity contribution in [1.82, 2.24) is 0 Å². The molecular formula is C24H24O3. The van der Waals surface area contributed by atoms with Gasteiger partial charge in [-0.05, 0) is 43.2 Å². The molecule has 3 heteroatoms. The molecule has 0 radical (unpaired) electrons. The summed E-state index contributed by atoms with van der Waals surface area (Å²) in [6.07, 6.45) is 0. The molecule has 0 fully saturated rings. The van der Waals surface area contributed by atoms with Crippen LogP contribution >= 0.6 is 0 Å². The number of ether oxygens (including phenoxy) is 2. The lowest BCUT2D eigenvalue weighted by Crippen LogP contribution is -2.43. The molecule has 0 saturated heterocycles. The molecule has 0 aliphatic carbocycles. The minimum absolute atomic E-state index is 0.0985. The highest BCUT2D eigenvalue weighted by Gasteiger charge is 2.45. The zero-order valence-electron chi connectivity index (χ0n) is 15.8. The number of aromatic hydroxyl groups is 1. The molecule has 0 spiro atoms. The lowest BCUT2D eigenvalue weighted by Gasteiger charge is -2.45. The summed E-state index contributed by atoms with van der Waals surface area (Å²) in [6.45, 7) is 4.26. The number of hydrogen-bond donors (Lipinski definition) is 1. The van der Waals surface area contributed by atoms with Crippen LogP contribution < -0.4 is 9.47 Å². The van der Waals surface area contributed by atoms with Crippen LogP contribution in [0.4, 0.5) is 0 Å². The van der Waals surface area contributed by atoms with Gasteiger partial charge in [0.15, 0.2) is 0 Å². The lowest BCUT2D eigenvalue weighted by molar-refractivity contribution is 0.0528. The summed E-state index contributed by atoms with van der Waals surface area (Å²) in [5.41, 5.74) is 3.11. The zero-order valence-corrected chi connectivity index (χ0v) is 15.8. The predicted molar refractivity (Wildman–Crippen MR) is 107 cm³/mol. The quantitative estimate of drug-likeness (QED) is 0.671. The first kappa shape index (κ1) is 17.5. The summed E-state index contributed by atoms with van der Waals surface area (Å²) in [4.78, 5) is 0. The van der Waals surface area contributed by atoms with Crippen LogP contribution in [0, 0.1) is 0 Å². The minimum atomic E-state index is -0.434. The Bertz CT molecular complexity index is 930. The fraction of sp³-hybridized carbons (Fsp3) is 0.250. The van der Waals surface area contributed by atoms with E-state index in [2.05, 4.69) is 44.2 Å². The first-order valence-corrected chi connectivity index (χ1v) is 9.20. The topological polar surface area (TPSA) is 38.7 Å². The Hall–Kier alpha value is -2.94. The molecule has 2 atom stereocenters. The Morgan fingerprint density at radius 2 is 1.59 bits per heavy atom. The fourth-order valence-corrected chi connectivity index (χ4v) is 4.22. The van der Waals surface area contributed by atoms with Crippen LogP contribution in [0.3, 0.4) is 0 Å². The maximum Gasteiger partial charge on any atom is 0.127 e. The van der Waals surface area contributed by atoms with Gasteiger partial charge in [-0.3, -0.25) is 0 Å². The normalized spacial score (nSPS) is 20.4. The molecule has 0 saturated carbocycles. The summed E-state index contributed by atoms with van der Waals surface area (Å²) < 4.78 is 11.9. The number of hydrogen-bond acceptors (Lipinski definition) is 3. The van der Waals surface area contributed by atoms with Crippen molar-refractivity contribution in [2.75, 3.05) is 7.11 Å². The Balaban J connectivity index is 1.93. The maximum absolute atomic E-state index is 9.74.